The first-order chi connectivity index (χ1) is 19.8. The van der Waals surface area contributed by atoms with Crippen LogP contribution in [0.1, 0.15) is 39.5 Å². The molecule has 248 valence electrons. The summed E-state index contributed by atoms with van der Waals surface area (Å²) in [6.07, 6.45) is -15.5. The maximum absolute atomic E-state index is 11.6. The van der Waals surface area contributed by atoms with Gasteiger partial charge in [-0.25, -0.2) is 0 Å². The van der Waals surface area contributed by atoms with Crippen LogP contribution in [0, 0.1) is 0 Å². The molecule has 17 nitrogen and oxygen atoms in total. The van der Waals surface area contributed by atoms with Gasteiger partial charge in [-0.15, -0.1) is 0 Å². The van der Waals surface area contributed by atoms with Crippen molar-refractivity contribution in [2.45, 2.75) is 137 Å². The van der Waals surface area contributed by atoms with Crippen molar-refractivity contribution in [3.05, 3.63) is 0 Å². The fourth-order valence-corrected chi connectivity index (χ4v) is 5.96. The van der Waals surface area contributed by atoms with Gasteiger partial charge in [0.25, 0.3) is 0 Å². The van der Waals surface area contributed by atoms with E-state index in [0.717, 1.165) is 0 Å². The summed E-state index contributed by atoms with van der Waals surface area (Å²) in [4.78, 5) is 0. The second kappa shape index (κ2) is 14.6. The van der Waals surface area contributed by atoms with Gasteiger partial charge in [0.05, 0.1) is 44.1 Å². The van der Waals surface area contributed by atoms with E-state index >= 15 is 0 Å². The molecular weight excluding hydrogens is 566 g/mol. The number of hydrogen-bond acceptors (Lipinski definition) is 17. The highest BCUT2D eigenvalue weighted by Gasteiger charge is 2.66. The van der Waals surface area contributed by atoms with Crippen LogP contribution in [0.2, 0.25) is 0 Å². The Hall–Kier alpha value is -0.680. The summed E-state index contributed by atoms with van der Waals surface area (Å²) in [6.45, 7) is 1.10. The van der Waals surface area contributed by atoms with Gasteiger partial charge in [-0.1, -0.05) is 26.7 Å². The fourth-order valence-electron chi connectivity index (χ4n) is 5.96. The van der Waals surface area contributed by atoms with E-state index in [9.17, 15) is 46.0 Å². The topological polar surface area (TPSA) is 306 Å². The number of aliphatic hydroxyl groups excluding tert-OH is 8. The van der Waals surface area contributed by atoms with Gasteiger partial charge in [-0.2, -0.15) is 0 Å². The van der Waals surface area contributed by atoms with Gasteiger partial charge in [-0.05, 0) is 12.8 Å². The third kappa shape index (κ3) is 6.35. The van der Waals surface area contributed by atoms with Crippen molar-refractivity contribution in [1.29, 1.82) is 0 Å². The Morgan fingerprint density at radius 2 is 1.36 bits per heavy atom. The number of nitrogens with two attached hydrogens (primary N) is 3. The standard InChI is InChI=1S/C25H49N3O14/c1-3-5-6-24(37)20(35)15(28)23(42-25(24,9-31)12(32)4-2)41-19-11(8-30)39-22(14(27)17(19)34)40-18-10(7-29)38-21(36)13(26)16(18)33/h10-23,29-37H,3-9,26-28H2,1-2H3/t10-,11-,12?,13-,14-,15-,16-,17-,18?,19?,20-,21-,22+,23+,24+,25-/m1/s1. The van der Waals surface area contributed by atoms with Gasteiger partial charge in [0, 0.05) is 0 Å². The van der Waals surface area contributed by atoms with E-state index in [1.807, 2.05) is 6.92 Å². The molecule has 0 aromatic heterocycles. The zero-order chi connectivity index (χ0) is 31.6. The lowest BCUT2D eigenvalue weighted by Gasteiger charge is -2.58. The Balaban J connectivity index is 1.84. The first-order valence-corrected chi connectivity index (χ1v) is 14.3. The number of aliphatic hydroxyl groups is 9. The molecule has 16 atom stereocenters. The van der Waals surface area contributed by atoms with Crippen molar-refractivity contribution < 1.29 is 69.6 Å². The number of rotatable bonds is 12. The summed E-state index contributed by atoms with van der Waals surface area (Å²) < 4.78 is 28.5. The summed E-state index contributed by atoms with van der Waals surface area (Å²) >= 11 is 0. The average molecular weight is 616 g/mol. The molecule has 3 heterocycles. The molecule has 42 heavy (non-hydrogen) atoms. The highest BCUT2D eigenvalue weighted by Crippen LogP contribution is 2.45. The van der Waals surface area contributed by atoms with Crippen LogP contribution >= 0.6 is 0 Å². The van der Waals surface area contributed by atoms with E-state index in [2.05, 4.69) is 0 Å². The second-order valence-electron chi connectivity index (χ2n) is 11.3. The lowest BCUT2D eigenvalue weighted by Crippen LogP contribution is -2.79. The normalized spacial score (nSPS) is 49.1. The highest BCUT2D eigenvalue weighted by molar-refractivity contribution is 5.15. The minimum Gasteiger partial charge on any atom is -0.394 e. The zero-order valence-corrected chi connectivity index (χ0v) is 23.8. The zero-order valence-electron chi connectivity index (χ0n) is 23.8. The first-order valence-electron chi connectivity index (χ1n) is 14.3. The van der Waals surface area contributed by atoms with Gasteiger partial charge in [-0.3, -0.25) is 0 Å². The van der Waals surface area contributed by atoms with Gasteiger partial charge >= 0.3 is 0 Å². The van der Waals surface area contributed by atoms with E-state index in [1.165, 1.54) is 0 Å². The third-order valence-corrected chi connectivity index (χ3v) is 8.70. The lowest BCUT2D eigenvalue weighted by atomic mass is 9.68. The SMILES string of the molecule is CCCC[C@]1(O)[C@H](O)[C@@H](N)[C@@H](OC2[C@@H](CO)O[C@@H](OC3[C@@H](CO)O[C@@H](O)[C@H](N)[C@H]3O)[C@H](N)[C@H]2O)O[C@]1(CO)C(O)CC. The first kappa shape index (κ1) is 35.8. The van der Waals surface area contributed by atoms with Crippen molar-refractivity contribution in [2.24, 2.45) is 17.2 Å². The largest absolute Gasteiger partial charge is 0.394 e. The molecule has 3 aliphatic heterocycles. The van der Waals surface area contributed by atoms with Gasteiger partial charge in [0.2, 0.25) is 0 Å². The summed E-state index contributed by atoms with van der Waals surface area (Å²) in [5, 5.41) is 95.4. The predicted molar refractivity (Wildman–Crippen MR) is 141 cm³/mol. The molecule has 3 unspecified atom stereocenters. The van der Waals surface area contributed by atoms with E-state index in [1.54, 1.807) is 6.92 Å². The summed E-state index contributed by atoms with van der Waals surface area (Å²) in [5.41, 5.74) is 13.9. The molecular formula is C25H49N3O14. The van der Waals surface area contributed by atoms with Crippen LogP contribution in [0.5, 0.6) is 0 Å². The van der Waals surface area contributed by atoms with Crippen molar-refractivity contribution in [3.63, 3.8) is 0 Å². The summed E-state index contributed by atoms with van der Waals surface area (Å²) in [6, 6.07) is -4.15. The molecule has 3 aliphatic rings. The van der Waals surface area contributed by atoms with Crippen molar-refractivity contribution in [3.8, 4) is 0 Å². The lowest BCUT2D eigenvalue weighted by molar-refractivity contribution is -0.390. The Bertz CT molecular complexity index is 846. The highest BCUT2D eigenvalue weighted by atomic mass is 16.7. The average Bonchev–Trinajstić information content (AvgIpc) is 2.99. The smallest absolute Gasteiger partial charge is 0.176 e. The van der Waals surface area contributed by atoms with Crippen molar-refractivity contribution in [1.82, 2.24) is 0 Å². The molecule has 0 aromatic carbocycles. The van der Waals surface area contributed by atoms with Crippen LogP contribution in [-0.2, 0) is 23.7 Å². The van der Waals surface area contributed by atoms with Crippen LogP contribution in [0.15, 0.2) is 0 Å². The maximum Gasteiger partial charge on any atom is 0.176 e. The van der Waals surface area contributed by atoms with Crippen LogP contribution in [0.4, 0.5) is 0 Å². The van der Waals surface area contributed by atoms with E-state index < -0.39 is 117 Å². The van der Waals surface area contributed by atoms with E-state index in [0.29, 0.717) is 12.8 Å². The van der Waals surface area contributed by atoms with Crippen LogP contribution in [0.25, 0.3) is 0 Å². The number of ether oxygens (including phenoxy) is 5. The minimum absolute atomic E-state index is 0.0221. The van der Waals surface area contributed by atoms with E-state index in [4.69, 9.17) is 40.9 Å². The predicted octanol–water partition coefficient (Wildman–Crippen LogP) is -5.97. The van der Waals surface area contributed by atoms with Crippen molar-refractivity contribution in [2.75, 3.05) is 19.8 Å². The quantitative estimate of drug-likeness (QED) is 0.0972. The Morgan fingerprint density at radius 3 is 1.88 bits per heavy atom. The van der Waals surface area contributed by atoms with Crippen molar-refractivity contribution >= 4 is 0 Å². The monoisotopic (exact) mass is 615 g/mol. The molecule has 0 bridgehead atoms. The Morgan fingerprint density at radius 1 is 0.810 bits per heavy atom. The van der Waals surface area contributed by atoms with Gasteiger partial charge < -0.3 is 86.8 Å². The van der Waals surface area contributed by atoms with Crippen LogP contribution < -0.4 is 17.2 Å². The Labute approximate surface area is 243 Å². The van der Waals surface area contributed by atoms with Gasteiger partial charge in [0.15, 0.2) is 24.5 Å². The molecule has 0 aliphatic carbocycles. The molecule has 3 saturated heterocycles. The van der Waals surface area contributed by atoms with E-state index in [-0.39, 0.29) is 12.8 Å². The fraction of sp³-hybridized carbons (Fsp3) is 1.00. The number of unbranched alkanes of at least 4 members (excludes halogenated alkanes) is 1. The molecule has 3 rings (SSSR count). The number of hydrogen-bond donors (Lipinski definition) is 12. The molecule has 0 amide bonds. The van der Waals surface area contributed by atoms with Crippen LogP contribution in [-0.4, -0.2) is 163 Å². The van der Waals surface area contributed by atoms with Crippen LogP contribution in [0.3, 0.4) is 0 Å². The summed E-state index contributed by atoms with van der Waals surface area (Å²) in [5.74, 6) is 0. The molecule has 0 saturated carbocycles. The molecule has 0 spiro atoms. The minimum atomic E-state index is -2.17. The molecule has 0 aromatic rings. The molecule has 3 fully saturated rings. The summed E-state index contributed by atoms with van der Waals surface area (Å²) in [7, 11) is 0. The van der Waals surface area contributed by atoms with Gasteiger partial charge in [0.1, 0.15) is 48.3 Å². The second-order valence-corrected chi connectivity index (χ2v) is 11.3. The molecule has 0 radical (unpaired) electrons. The Kier molecular flexibility index (Phi) is 12.5. The molecule has 15 N–H and O–H groups in total. The molecule has 17 heteroatoms. The maximum atomic E-state index is 11.6. The third-order valence-electron chi connectivity index (χ3n) is 8.70.